The highest BCUT2D eigenvalue weighted by molar-refractivity contribution is 5.95. The maximum atomic E-state index is 12.1. The molecule has 1 saturated heterocycles. The average Bonchev–Trinajstić information content (AvgIpc) is 2.98. The zero-order valence-corrected chi connectivity index (χ0v) is 23.4. The number of aromatic hydroxyl groups is 1. The van der Waals surface area contributed by atoms with E-state index in [4.69, 9.17) is 19.4 Å². The summed E-state index contributed by atoms with van der Waals surface area (Å²) in [5.41, 5.74) is 3.03. The van der Waals surface area contributed by atoms with Crippen LogP contribution >= 0.6 is 0 Å². The van der Waals surface area contributed by atoms with Crippen LogP contribution in [-0.2, 0) is 22.5 Å². The van der Waals surface area contributed by atoms with Gasteiger partial charge < -0.3 is 34.2 Å². The van der Waals surface area contributed by atoms with Crippen molar-refractivity contribution in [3.05, 3.63) is 60.3 Å². The number of amides is 1. The first kappa shape index (κ1) is 27.7. The molecule has 0 unspecified atom stereocenters. The molecule has 0 aliphatic carbocycles. The summed E-state index contributed by atoms with van der Waals surface area (Å²) in [5.74, 6) is 1.09. The number of rotatable bonds is 10. The fourth-order valence-corrected chi connectivity index (χ4v) is 5.38. The summed E-state index contributed by atoms with van der Waals surface area (Å²) < 4.78 is 11.3. The van der Waals surface area contributed by atoms with Crippen LogP contribution in [0.25, 0.3) is 10.8 Å². The molecule has 5 rings (SSSR count). The molecule has 0 atom stereocenters. The number of fused-ring (bicyclic) bond motifs is 2. The molecule has 40 heavy (non-hydrogen) atoms. The molecule has 3 aromatic rings. The number of ether oxygens (including phenoxy) is 2. The van der Waals surface area contributed by atoms with Gasteiger partial charge in [0.1, 0.15) is 18.2 Å². The minimum absolute atomic E-state index is 0.0417. The van der Waals surface area contributed by atoms with Crippen molar-refractivity contribution >= 4 is 28.2 Å². The van der Waals surface area contributed by atoms with Gasteiger partial charge in [-0.05, 0) is 31.0 Å². The van der Waals surface area contributed by atoms with Crippen LogP contribution in [0.2, 0.25) is 0 Å². The fourth-order valence-electron chi connectivity index (χ4n) is 5.38. The van der Waals surface area contributed by atoms with Gasteiger partial charge in [-0.2, -0.15) is 9.97 Å². The van der Waals surface area contributed by atoms with Gasteiger partial charge >= 0.3 is 6.01 Å². The van der Waals surface area contributed by atoms with Gasteiger partial charge in [0.05, 0.1) is 18.8 Å². The molecule has 2 aromatic carbocycles. The van der Waals surface area contributed by atoms with Gasteiger partial charge in [-0.3, -0.25) is 4.79 Å². The topological polar surface area (TPSA) is 94.5 Å². The first-order chi connectivity index (χ1) is 19.5. The third-order valence-corrected chi connectivity index (χ3v) is 7.63. The first-order valence-corrected chi connectivity index (χ1v) is 13.8. The number of phenols is 1. The molecule has 212 valence electrons. The third-order valence-electron chi connectivity index (χ3n) is 7.63. The van der Waals surface area contributed by atoms with Gasteiger partial charge in [0, 0.05) is 75.6 Å². The summed E-state index contributed by atoms with van der Waals surface area (Å²) in [7, 11) is 3.73. The Morgan fingerprint density at radius 2 is 1.85 bits per heavy atom. The molecule has 0 saturated carbocycles. The lowest BCUT2D eigenvalue weighted by molar-refractivity contribution is -0.126. The standard InChI is InChI=1S/C30H38N6O4/c1-4-28(38)34-11-13-35(14-12-34)29-25-9-10-36(27-20-23(37)19-22-7-5-6-8-24(22)27)21-26(25)31-30(32-29)40-18-16-33(2)15-17-39-3/h4-8,19-20,37H,1,9-18,21H2,2-3H3. The Labute approximate surface area is 235 Å². The number of carbonyl (C=O) groups excluding carboxylic acids is 1. The number of hydrogen-bond donors (Lipinski definition) is 1. The Kier molecular flexibility index (Phi) is 8.66. The number of carbonyl (C=O) groups is 1. The third kappa shape index (κ3) is 6.13. The molecule has 10 heteroatoms. The number of likely N-dealkylation sites (N-methyl/N-ethyl adjacent to an activating group) is 1. The largest absolute Gasteiger partial charge is 0.508 e. The van der Waals surface area contributed by atoms with E-state index in [2.05, 4.69) is 27.3 Å². The van der Waals surface area contributed by atoms with Crippen molar-refractivity contribution in [2.24, 2.45) is 0 Å². The number of piperazine rings is 1. The molecule has 3 heterocycles. The van der Waals surface area contributed by atoms with Gasteiger partial charge in [-0.25, -0.2) is 0 Å². The van der Waals surface area contributed by atoms with Crippen molar-refractivity contribution in [2.45, 2.75) is 13.0 Å². The van der Waals surface area contributed by atoms with E-state index in [-0.39, 0.29) is 11.7 Å². The van der Waals surface area contributed by atoms with Crippen LogP contribution in [0.4, 0.5) is 11.5 Å². The monoisotopic (exact) mass is 546 g/mol. The molecule has 1 N–H and O–H groups in total. The van der Waals surface area contributed by atoms with Gasteiger partial charge in [0.15, 0.2) is 0 Å². The number of anilines is 2. The van der Waals surface area contributed by atoms with Gasteiger partial charge in [-0.15, -0.1) is 0 Å². The average molecular weight is 547 g/mol. The maximum Gasteiger partial charge on any atom is 0.318 e. The minimum atomic E-state index is -0.0417. The van der Waals surface area contributed by atoms with E-state index in [9.17, 15) is 9.90 Å². The van der Waals surface area contributed by atoms with Gasteiger partial charge in [-0.1, -0.05) is 30.8 Å². The number of benzene rings is 2. The number of hydrogen-bond acceptors (Lipinski definition) is 9. The van der Waals surface area contributed by atoms with E-state index < -0.39 is 0 Å². The van der Waals surface area contributed by atoms with Crippen LogP contribution in [0.5, 0.6) is 11.8 Å². The predicted molar refractivity (Wildman–Crippen MR) is 156 cm³/mol. The molecule has 10 nitrogen and oxygen atoms in total. The summed E-state index contributed by atoms with van der Waals surface area (Å²) in [6, 6.07) is 12.1. The molecule has 0 radical (unpaired) electrons. The Bertz CT molecular complexity index is 1360. The van der Waals surface area contributed by atoms with E-state index in [0.717, 1.165) is 59.6 Å². The summed E-state index contributed by atoms with van der Waals surface area (Å²) in [4.78, 5) is 30.4. The first-order valence-electron chi connectivity index (χ1n) is 13.8. The van der Waals surface area contributed by atoms with Crippen molar-refractivity contribution in [3.8, 4) is 11.8 Å². The van der Waals surface area contributed by atoms with Crippen molar-refractivity contribution in [3.63, 3.8) is 0 Å². The lowest BCUT2D eigenvalue weighted by atomic mass is 10.0. The second kappa shape index (κ2) is 12.5. The number of nitrogens with zero attached hydrogens (tertiary/aromatic N) is 6. The van der Waals surface area contributed by atoms with Gasteiger partial charge in [0.25, 0.3) is 0 Å². The van der Waals surface area contributed by atoms with E-state index in [0.29, 0.717) is 51.9 Å². The Morgan fingerprint density at radius 3 is 2.62 bits per heavy atom. The molecule has 2 aliphatic heterocycles. The van der Waals surface area contributed by atoms with E-state index >= 15 is 0 Å². The quantitative estimate of drug-likeness (QED) is 0.385. The summed E-state index contributed by atoms with van der Waals surface area (Å²) in [6.07, 6.45) is 2.14. The second-order valence-electron chi connectivity index (χ2n) is 10.3. The second-order valence-corrected chi connectivity index (χ2v) is 10.3. The maximum absolute atomic E-state index is 12.1. The molecular formula is C30H38N6O4. The fraction of sp³-hybridized carbons (Fsp3) is 0.433. The predicted octanol–water partition coefficient (Wildman–Crippen LogP) is 2.69. The summed E-state index contributed by atoms with van der Waals surface area (Å²) in [6.45, 7) is 10.2. The highest BCUT2D eigenvalue weighted by Gasteiger charge is 2.29. The number of aromatic nitrogens is 2. The van der Waals surface area contributed by atoms with Gasteiger partial charge in [0.2, 0.25) is 5.91 Å². The van der Waals surface area contributed by atoms with Crippen LogP contribution in [0, 0.1) is 0 Å². The van der Waals surface area contributed by atoms with Crippen LogP contribution in [0.1, 0.15) is 11.3 Å². The Hall–Kier alpha value is -3.89. The number of phenolic OH excluding ortho intramolecular Hbond substituents is 1. The Balaban J connectivity index is 1.41. The van der Waals surface area contributed by atoms with Crippen LogP contribution in [0.15, 0.2) is 49.1 Å². The van der Waals surface area contributed by atoms with Crippen molar-refractivity contribution in [1.29, 1.82) is 0 Å². The lowest BCUT2D eigenvalue weighted by Crippen LogP contribution is -2.49. The van der Waals surface area contributed by atoms with Crippen molar-refractivity contribution in [1.82, 2.24) is 19.8 Å². The highest BCUT2D eigenvalue weighted by Crippen LogP contribution is 2.36. The van der Waals surface area contributed by atoms with Crippen molar-refractivity contribution < 1.29 is 19.4 Å². The summed E-state index contributed by atoms with van der Waals surface area (Å²) >= 11 is 0. The molecule has 2 aliphatic rings. The van der Waals surface area contributed by atoms with Crippen molar-refractivity contribution in [2.75, 3.05) is 83.0 Å². The molecule has 1 amide bonds. The number of methoxy groups -OCH3 is 1. The lowest BCUT2D eigenvalue weighted by Gasteiger charge is -2.38. The minimum Gasteiger partial charge on any atom is -0.508 e. The van der Waals surface area contributed by atoms with Crippen LogP contribution < -0.4 is 14.5 Å². The normalized spacial score (nSPS) is 15.4. The molecule has 1 fully saturated rings. The van der Waals surface area contributed by atoms with E-state index in [1.54, 1.807) is 13.2 Å². The smallest absolute Gasteiger partial charge is 0.318 e. The van der Waals surface area contributed by atoms with E-state index in [1.165, 1.54) is 6.08 Å². The highest BCUT2D eigenvalue weighted by atomic mass is 16.5. The van der Waals surface area contributed by atoms with Crippen LogP contribution in [-0.4, -0.2) is 104 Å². The zero-order valence-electron chi connectivity index (χ0n) is 23.4. The Morgan fingerprint density at radius 1 is 1.07 bits per heavy atom. The molecular weight excluding hydrogens is 508 g/mol. The van der Waals surface area contributed by atoms with Crippen LogP contribution in [0.3, 0.4) is 0 Å². The molecule has 1 aromatic heterocycles. The summed E-state index contributed by atoms with van der Waals surface area (Å²) in [5, 5.41) is 12.5. The molecule has 0 bridgehead atoms. The SMILES string of the molecule is C=CC(=O)N1CCN(c2nc(OCCN(C)CCOC)nc3c2CCN(c2cc(O)cc4ccccc24)C3)CC1. The zero-order chi connectivity index (χ0) is 28.1. The molecule has 0 spiro atoms. The van der Waals surface area contributed by atoms with E-state index in [1.807, 2.05) is 36.2 Å².